The molecule has 4 aromatic rings. The summed E-state index contributed by atoms with van der Waals surface area (Å²) in [5.74, 6) is 0. The lowest BCUT2D eigenvalue weighted by molar-refractivity contribution is 0.563. The molecule has 2 aromatic carbocycles. The third-order valence-corrected chi connectivity index (χ3v) is 4.73. The lowest BCUT2D eigenvalue weighted by atomic mass is 10.1. The molecule has 0 saturated heterocycles. The van der Waals surface area contributed by atoms with Gasteiger partial charge in [-0.3, -0.25) is 0 Å². The molecule has 0 bridgehead atoms. The Bertz CT molecular complexity index is 1070. The normalized spacial score (nSPS) is 11.0. The molecule has 0 atom stereocenters. The number of thiazole rings is 1. The maximum atomic E-state index is 12.2. The zero-order valence-corrected chi connectivity index (χ0v) is 13.4. The van der Waals surface area contributed by atoms with Crippen LogP contribution in [0.25, 0.3) is 32.8 Å². The van der Waals surface area contributed by atoms with Crippen molar-refractivity contribution in [1.29, 1.82) is 0 Å². The molecule has 5 heteroatoms. The first-order chi connectivity index (χ1) is 11.2. The fourth-order valence-electron chi connectivity index (χ4n) is 2.40. The number of halogens is 1. The van der Waals surface area contributed by atoms with Gasteiger partial charge in [0.2, 0.25) is 0 Å². The van der Waals surface area contributed by atoms with Crippen LogP contribution in [0.5, 0.6) is 0 Å². The van der Waals surface area contributed by atoms with Crippen molar-refractivity contribution in [2.45, 2.75) is 0 Å². The van der Waals surface area contributed by atoms with Crippen molar-refractivity contribution in [3.05, 3.63) is 75.4 Å². The highest BCUT2D eigenvalue weighted by molar-refractivity contribution is 7.13. The molecular weight excluding hydrogens is 330 g/mol. The Morgan fingerprint density at radius 1 is 1.00 bits per heavy atom. The molecule has 2 heterocycles. The maximum Gasteiger partial charge on any atom is 0.345 e. The average molecular weight is 340 g/mol. The Balaban J connectivity index is 1.85. The monoisotopic (exact) mass is 339 g/mol. The van der Waals surface area contributed by atoms with Gasteiger partial charge in [0.15, 0.2) is 0 Å². The van der Waals surface area contributed by atoms with Crippen LogP contribution in [0.15, 0.2) is 69.2 Å². The summed E-state index contributed by atoms with van der Waals surface area (Å²) in [6.45, 7) is 0. The van der Waals surface area contributed by atoms with Crippen LogP contribution < -0.4 is 5.63 Å². The van der Waals surface area contributed by atoms with E-state index < -0.39 is 0 Å². The summed E-state index contributed by atoms with van der Waals surface area (Å²) in [6.07, 6.45) is 0. The molecule has 0 amide bonds. The van der Waals surface area contributed by atoms with Gasteiger partial charge in [0.25, 0.3) is 0 Å². The number of hydrogen-bond acceptors (Lipinski definition) is 4. The molecule has 0 saturated carbocycles. The average Bonchev–Trinajstić information content (AvgIpc) is 3.04. The third kappa shape index (κ3) is 2.56. The predicted octanol–water partition coefficient (Wildman–Crippen LogP) is 5.24. The Morgan fingerprint density at radius 3 is 2.65 bits per heavy atom. The second kappa shape index (κ2) is 5.65. The lowest BCUT2D eigenvalue weighted by Gasteiger charge is -2.00. The van der Waals surface area contributed by atoms with Crippen molar-refractivity contribution in [2.24, 2.45) is 0 Å². The summed E-state index contributed by atoms with van der Waals surface area (Å²) in [6, 6.07) is 16.7. The Kier molecular flexibility index (Phi) is 3.48. The van der Waals surface area contributed by atoms with Crippen molar-refractivity contribution in [3.63, 3.8) is 0 Å². The molecule has 3 nitrogen and oxygen atoms in total. The number of benzene rings is 2. The summed E-state index contributed by atoms with van der Waals surface area (Å²) in [7, 11) is 0. The van der Waals surface area contributed by atoms with Gasteiger partial charge >= 0.3 is 5.63 Å². The molecule has 23 heavy (non-hydrogen) atoms. The fourth-order valence-corrected chi connectivity index (χ4v) is 3.54. The molecule has 0 aliphatic carbocycles. The van der Waals surface area contributed by atoms with Gasteiger partial charge in [-0.15, -0.1) is 11.3 Å². The molecule has 4 rings (SSSR count). The number of rotatable bonds is 2. The van der Waals surface area contributed by atoms with Gasteiger partial charge in [-0.05, 0) is 18.2 Å². The lowest BCUT2D eigenvalue weighted by Crippen LogP contribution is -2.02. The smallest absolute Gasteiger partial charge is 0.345 e. The van der Waals surface area contributed by atoms with Crippen molar-refractivity contribution in [2.75, 3.05) is 0 Å². The van der Waals surface area contributed by atoms with E-state index in [0.29, 0.717) is 21.9 Å². The van der Waals surface area contributed by atoms with Crippen LogP contribution in [-0.2, 0) is 0 Å². The summed E-state index contributed by atoms with van der Waals surface area (Å²) >= 11 is 7.66. The van der Waals surface area contributed by atoms with E-state index in [4.69, 9.17) is 16.0 Å². The van der Waals surface area contributed by atoms with E-state index in [9.17, 15) is 4.79 Å². The van der Waals surface area contributed by atoms with E-state index in [1.165, 1.54) is 11.3 Å². The predicted molar refractivity (Wildman–Crippen MR) is 94.0 cm³/mol. The van der Waals surface area contributed by atoms with E-state index in [2.05, 4.69) is 4.98 Å². The minimum atomic E-state index is -0.389. The number of nitrogens with zero attached hydrogens (tertiary/aromatic N) is 1. The summed E-state index contributed by atoms with van der Waals surface area (Å²) < 4.78 is 5.37. The van der Waals surface area contributed by atoms with Crippen molar-refractivity contribution < 1.29 is 4.42 Å². The molecule has 0 fully saturated rings. The van der Waals surface area contributed by atoms with Crippen LogP contribution in [0.3, 0.4) is 0 Å². The Hall–Kier alpha value is -2.43. The summed E-state index contributed by atoms with van der Waals surface area (Å²) in [4.78, 5) is 16.8. The summed E-state index contributed by atoms with van der Waals surface area (Å²) in [5, 5.41) is 4.13. The highest BCUT2D eigenvalue weighted by Crippen LogP contribution is 2.32. The number of hydrogen-bond donors (Lipinski definition) is 0. The van der Waals surface area contributed by atoms with Crippen molar-refractivity contribution in [1.82, 2.24) is 4.98 Å². The van der Waals surface area contributed by atoms with E-state index in [1.807, 2.05) is 53.9 Å². The highest BCUT2D eigenvalue weighted by atomic mass is 35.5. The Morgan fingerprint density at radius 2 is 1.78 bits per heavy atom. The van der Waals surface area contributed by atoms with Gasteiger partial charge in [-0.1, -0.05) is 48.0 Å². The molecular formula is C18H10ClNO2S. The fraction of sp³-hybridized carbons (Fsp3) is 0. The zero-order valence-electron chi connectivity index (χ0n) is 11.8. The van der Waals surface area contributed by atoms with Crippen LogP contribution in [0.4, 0.5) is 0 Å². The van der Waals surface area contributed by atoms with Crippen LogP contribution in [0.1, 0.15) is 0 Å². The molecule has 0 aliphatic rings. The second-order valence-corrected chi connectivity index (χ2v) is 6.27. The minimum absolute atomic E-state index is 0.389. The molecule has 2 aromatic heterocycles. The molecule has 0 spiro atoms. The van der Waals surface area contributed by atoms with Gasteiger partial charge in [0.1, 0.15) is 10.6 Å². The minimum Gasteiger partial charge on any atom is -0.422 e. The number of fused-ring (bicyclic) bond motifs is 1. The highest BCUT2D eigenvalue weighted by Gasteiger charge is 2.13. The van der Waals surface area contributed by atoms with Gasteiger partial charge in [-0.2, -0.15) is 0 Å². The van der Waals surface area contributed by atoms with E-state index >= 15 is 0 Å². The first kappa shape index (κ1) is 14.2. The van der Waals surface area contributed by atoms with Crippen LogP contribution in [0.2, 0.25) is 5.02 Å². The third-order valence-electron chi connectivity index (χ3n) is 3.53. The largest absolute Gasteiger partial charge is 0.422 e. The first-order valence-electron chi connectivity index (χ1n) is 6.96. The molecule has 0 aliphatic heterocycles. The topological polar surface area (TPSA) is 43.1 Å². The Labute approximate surface area is 140 Å². The van der Waals surface area contributed by atoms with E-state index in [1.54, 1.807) is 6.07 Å². The van der Waals surface area contributed by atoms with Crippen LogP contribution in [-0.4, -0.2) is 4.98 Å². The number of aromatic nitrogens is 1. The molecule has 0 radical (unpaired) electrons. The van der Waals surface area contributed by atoms with Crippen LogP contribution in [0, 0.1) is 0 Å². The van der Waals surface area contributed by atoms with Crippen molar-refractivity contribution in [3.8, 4) is 21.8 Å². The van der Waals surface area contributed by atoms with E-state index in [0.717, 1.165) is 16.0 Å². The maximum absolute atomic E-state index is 12.2. The first-order valence-corrected chi connectivity index (χ1v) is 8.22. The quantitative estimate of drug-likeness (QED) is 0.469. The molecule has 0 N–H and O–H groups in total. The summed E-state index contributed by atoms with van der Waals surface area (Å²) in [5.41, 5.74) is 2.10. The van der Waals surface area contributed by atoms with Gasteiger partial charge in [0, 0.05) is 16.3 Å². The van der Waals surface area contributed by atoms with Crippen molar-refractivity contribution >= 4 is 33.9 Å². The van der Waals surface area contributed by atoms with Crippen LogP contribution >= 0.6 is 22.9 Å². The number of para-hydroxylation sites is 1. The van der Waals surface area contributed by atoms with E-state index in [-0.39, 0.29) is 5.63 Å². The van der Waals surface area contributed by atoms with Gasteiger partial charge in [0.05, 0.1) is 16.3 Å². The van der Waals surface area contributed by atoms with Gasteiger partial charge < -0.3 is 4.42 Å². The zero-order chi connectivity index (χ0) is 15.8. The second-order valence-electron chi connectivity index (χ2n) is 5.00. The molecule has 112 valence electrons. The van der Waals surface area contributed by atoms with Gasteiger partial charge in [-0.25, -0.2) is 9.78 Å². The SMILES string of the molecule is O=c1oc2ccccc2cc1-c1csc(-c2ccccc2Cl)n1. The standard InChI is InChI=1S/C18H10ClNO2S/c19-14-7-3-2-6-12(14)17-20-15(10-23-17)13-9-11-5-1-4-8-16(11)22-18(13)21/h1-10H. The molecule has 0 unspecified atom stereocenters.